The number of carbonyl (C=O) groups is 2. The van der Waals surface area contributed by atoms with Crippen molar-refractivity contribution in [3.8, 4) is 5.75 Å². The van der Waals surface area contributed by atoms with Crippen LogP contribution in [0.3, 0.4) is 0 Å². The van der Waals surface area contributed by atoms with Gasteiger partial charge in [-0.05, 0) is 55.3 Å². The predicted octanol–water partition coefficient (Wildman–Crippen LogP) is 3.19. The number of hydrogen-bond acceptors (Lipinski definition) is 4. The fourth-order valence-electron chi connectivity index (χ4n) is 3.37. The zero-order valence-electron chi connectivity index (χ0n) is 17.5. The number of rotatable bonds is 7. The van der Waals surface area contributed by atoms with Gasteiger partial charge in [0.1, 0.15) is 5.75 Å². The monoisotopic (exact) mass is 429 g/mol. The fraction of sp³-hybridized carbons (Fsp3) is 0.391. The number of nitrogens with one attached hydrogen (secondary N) is 1. The van der Waals surface area contributed by atoms with Crippen LogP contribution in [0.2, 0.25) is 5.02 Å². The Morgan fingerprint density at radius 3 is 2.43 bits per heavy atom. The number of anilines is 1. The summed E-state index contributed by atoms with van der Waals surface area (Å²) in [5.41, 5.74) is 3.33. The molecular weight excluding hydrogens is 402 g/mol. The Bertz CT molecular complexity index is 878. The van der Waals surface area contributed by atoms with Crippen molar-refractivity contribution in [3.63, 3.8) is 0 Å². The summed E-state index contributed by atoms with van der Waals surface area (Å²) < 4.78 is 5.70. The van der Waals surface area contributed by atoms with Gasteiger partial charge in [0.2, 0.25) is 11.8 Å². The molecule has 1 aliphatic rings. The SMILES string of the molecule is Cc1cccc(OCCC(=O)NCC(=O)N2CCN(c3ccc(Cl)cc3)CC2)c1C. The number of halogens is 1. The van der Waals surface area contributed by atoms with E-state index in [1.165, 1.54) is 0 Å². The van der Waals surface area contributed by atoms with Crippen molar-refractivity contribution in [2.75, 3.05) is 44.2 Å². The molecule has 3 rings (SSSR count). The van der Waals surface area contributed by atoms with Crippen molar-refractivity contribution >= 4 is 29.1 Å². The molecule has 0 saturated carbocycles. The molecule has 2 aromatic rings. The maximum atomic E-state index is 12.4. The maximum absolute atomic E-state index is 12.4. The van der Waals surface area contributed by atoms with E-state index in [0.29, 0.717) is 18.1 Å². The summed E-state index contributed by atoms with van der Waals surface area (Å²) in [6.07, 6.45) is 0.213. The minimum absolute atomic E-state index is 0.0171. The van der Waals surface area contributed by atoms with Crippen molar-refractivity contribution in [3.05, 3.63) is 58.6 Å². The lowest BCUT2D eigenvalue weighted by Gasteiger charge is -2.36. The molecule has 0 atom stereocenters. The van der Waals surface area contributed by atoms with Gasteiger partial charge in [-0.2, -0.15) is 0 Å². The van der Waals surface area contributed by atoms with Gasteiger partial charge >= 0.3 is 0 Å². The van der Waals surface area contributed by atoms with Gasteiger partial charge in [-0.3, -0.25) is 9.59 Å². The van der Waals surface area contributed by atoms with Gasteiger partial charge in [0.15, 0.2) is 0 Å². The second-order valence-electron chi connectivity index (χ2n) is 7.42. The van der Waals surface area contributed by atoms with Crippen LogP contribution in [0.25, 0.3) is 0 Å². The summed E-state index contributed by atoms with van der Waals surface area (Å²) in [4.78, 5) is 28.5. The van der Waals surface area contributed by atoms with Crippen molar-refractivity contribution in [1.29, 1.82) is 0 Å². The van der Waals surface area contributed by atoms with E-state index in [9.17, 15) is 9.59 Å². The van der Waals surface area contributed by atoms with Gasteiger partial charge in [-0.1, -0.05) is 23.7 Å². The number of aryl methyl sites for hydroxylation is 1. The fourth-order valence-corrected chi connectivity index (χ4v) is 3.50. The number of carbonyl (C=O) groups excluding carboxylic acids is 2. The van der Waals surface area contributed by atoms with E-state index < -0.39 is 0 Å². The Balaban J connectivity index is 1.35. The highest BCUT2D eigenvalue weighted by molar-refractivity contribution is 6.30. The van der Waals surface area contributed by atoms with Crippen molar-refractivity contribution in [2.45, 2.75) is 20.3 Å². The van der Waals surface area contributed by atoms with E-state index in [4.69, 9.17) is 16.3 Å². The Hall–Kier alpha value is -2.73. The van der Waals surface area contributed by atoms with Crippen LogP contribution in [-0.4, -0.2) is 56.0 Å². The zero-order valence-corrected chi connectivity index (χ0v) is 18.2. The van der Waals surface area contributed by atoms with Crippen LogP contribution >= 0.6 is 11.6 Å². The molecule has 6 nitrogen and oxygen atoms in total. The van der Waals surface area contributed by atoms with Crippen LogP contribution < -0.4 is 15.0 Å². The van der Waals surface area contributed by atoms with E-state index in [2.05, 4.69) is 10.2 Å². The van der Waals surface area contributed by atoms with Gasteiger partial charge < -0.3 is 19.9 Å². The van der Waals surface area contributed by atoms with Crippen molar-refractivity contribution in [2.24, 2.45) is 0 Å². The molecule has 0 bridgehead atoms. The molecular formula is C23H28ClN3O3. The number of piperazine rings is 1. The lowest BCUT2D eigenvalue weighted by Crippen LogP contribution is -2.51. The Kier molecular flexibility index (Phi) is 7.57. The van der Waals surface area contributed by atoms with Crippen molar-refractivity contribution in [1.82, 2.24) is 10.2 Å². The van der Waals surface area contributed by atoms with Crippen LogP contribution in [0.1, 0.15) is 17.5 Å². The first-order chi connectivity index (χ1) is 14.4. The van der Waals surface area contributed by atoms with Gasteiger partial charge in [-0.25, -0.2) is 0 Å². The highest BCUT2D eigenvalue weighted by atomic mass is 35.5. The Labute approximate surface area is 182 Å². The lowest BCUT2D eigenvalue weighted by atomic mass is 10.1. The largest absolute Gasteiger partial charge is 0.493 e. The summed E-state index contributed by atoms with van der Waals surface area (Å²) in [5.74, 6) is 0.542. The van der Waals surface area contributed by atoms with Crippen LogP contribution in [0.4, 0.5) is 5.69 Å². The Morgan fingerprint density at radius 2 is 1.73 bits per heavy atom. The van der Waals surface area contributed by atoms with Gasteiger partial charge in [0, 0.05) is 36.9 Å². The van der Waals surface area contributed by atoms with Crippen LogP contribution in [-0.2, 0) is 9.59 Å². The molecule has 7 heteroatoms. The highest BCUT2D eigenvalue weighted by Crippen LogP contribution is 2.21. The molecule has 0 spiro atoms. The molecule has 0 unspecified atom stereocenters. The quantitative estimate of drug-likeness (QED) is 0.734. The number of ether oxygens (including phenoxy) is 1. The summed E-state index contributed by atoms with van der Waals surface area (Å²) in [7, 11) is 0. The zero-order chi connectivity index (χ0) is 21.5. The third-order valence-electron chi connectivity index (χ3n) is 5.40. The van der Waals surface area contributed by atoms with E-state index in [1.807, 2.05) is 56.3 Å². The summed E-state index contributed by atoms with van der Waals surface area (Å²) in [6, 6.07) is 13.6. The second kappa shape index (κ2) is 10.3. The van der Waals surface area contributed by atoms with E-state index in [1.54, 1.807) is 4.90 Å². The third kappa shape index (κ3) is 5.89. The van der Waals surface area contributed by atoms with E-state index >= 15 is 0 Å². The normalized spacial score (nSPS) is 13.8. The highest BCUT2D eigenvalue weighted by Gasteiger charge is 2.21. The first kappa shape index (κ1) is 22.0. The summed E-state index contributed by atoms with van der Waals surface area (Å²) in [6.45, 7) is 7.09. The molecule has 0 radical (unpaired) electrons. The summed E-state index contributed by atoms with van der Waals surface area (Å²) in [5, 5.41) is 3.41. The average Bonchev–Trinajstić information content (AvgIpc) is 2.75. The smallest absolute Gasteiger partial charge is 0.242 e. The minimum Gasteiger partial charge on any atom is -0.493 e. The van der Waals surface area contributed by atoms with Gasteiger partial charge in [0.25, 0.3) is 0 Å². The molecule has 1 fully saturated rings. The molecule has 0 aliphatic carbocycles. The molecule has 1 heterocycles. The van der Waals surface area contributed by atoms with E-state index in [0.717, 1.165) is 35.7 Å². The van der Waals surface area contributed by atoms with Crippen LogP contribution in [0.5, 0.6) is 5.75 Å². The van der Waals surface area contributed by atoms with Crippen molar-refractivity contribution < 1.29 is 14.3 Å². The molecule has 1 aliphatic heterocycles. The third-order valence-corrected chi connectivity index (χ3v) is 5.65. The first-order valence-corrected chi connectivity index (χ1v) is 10.6. The number of amides is 2. The average molecular weight is 430 g/mol. The maximum Gasteiger partial charge on any atom is 0.242 e. The molecule has 160 valence electrons. The number of benzene rings is 2. The van der Waals surface area contributed by atoms with Gasteiger partial charge in [0.05, 0.1) is 19.6 Å². The molecule has 0 aromatic heterocycles. The Morgan fingerprint density at radius 1 is 1.03 bits per heavy atom. The van der Waals surface area contributed by atoms with Crippen LogP contribution in [0.15, 0.2) is 42.5 Å². The lowest BCUT2D eigenvalue weighted by molar-refractivity contribution is -0.133. The molecule has 30 heavy (non-hydrogen) atoms. The molecule has 1 saturated heterocycles. The summed E-state index contributed by atoms with van der Waals surface area (Å²) >= 11 is 5.94. The minimum atomic E-state index is -0.187. The molecule has 2 aromatic carbocycles. The molecule has 2 amide bonds. The predicted molar refractivity (Wildman–Crippen MR) is 119 cm³/mol. The molecule has 1 N–H and O–H groups in total. The second-order valence-corrected chi connectivity index (χ2v) is 7.85. The number of hydrogen-bond donors (Lipinski definition) is 1. The van der Waals surface area contributed by atoms with Crippen LogP contribution in [0, 0.1) is 13.8 Å². The topological polar surface area (TPSA) is 61.9 Å². The van der Waals surface area contributed by atoms with E-state index in [-0.39, 0.29) is 31.4 Å². The number of nitrogens with zero attached hydrogens (tertiary/aromatic N) is 2. The van der Waals surface area contributed by atoms with Gasteiger partial charge in [-0.15, -0.1) is 0 Å². The first-order valence-electron chi connectivity index (χ1n) is 10.2. The standard InChI is InChI=1S/C23H28ClN3O3/c1-17-4-3-5-21(18(17)2)30-15-10-22(28)25-16-23(29)27-13-11-26(12-14-27)20-8-6-19(24)7-9-20/h3-9H,10-16H2,1-2H3,(H,25,28).